The van der Waals surface area contributed by atoms with Crippen LogP contribution in [0.1, 0.15) is 28.9 Å². The van der Waals surface area contributed by atoms with Gasteiger partial charge in [-0.2, -0.15) is 0 Å². The van der Waals surface area contributed by atoms with Crippen molar-refractivity contribution >= 4 is 22.7 Å². The Balaban J connectivity index is 2.20. The highest BCUT2D eigenvalue weighted by Gasteiger charge is 2.12. The number of pyridine rings is 1. The Morgan fingerprint density at radius 1 is 1.33 bits per heavy atom. The van der Waals surface area contributed by atoms with E-state index in [2.05, 4.69) is 10.3 Å². The van der Waals surface area contributed by atoms with Crippen LogP contribution in [0.15, 0.2) is 24.3 Å². The summed E-state index contributed by atoms with van der Waals surface area (Å²) in [6.07, 6.45) is 0.708. The van der Waals surface area contributed by atoms with E-state index >= 15 is 0 Å². The Morgan fingerprint density at radius 2 is 2.10 bits per heavy atom. The number of nitrogens with two attached hydrogens (primary N) is 1. The molecule has 0 atom stereocenters. The lowest BCUT2D eigenvalue weighted by Crippen LogP contribution is -2.26. The second kappa shape index (κ2) is 6.30. The third-order valence-corrected chi connectivity index (χ3v) is 3.03. The zero-order valence-corrected chi connectivity index (χ0v) is 11.6. The Morgan fingerprint density at radius 3 is 2.81 bits per heavy atom. The number of amides is 2. The minimum Gasteiger partial charge on any atom is -0.370 e. The minimum absolute atomic E-state index is 0.224. The number of nitrogens with one attached hydrogen (secondary N) is 1. The Labute approximate surface area is 121 Å². The monoisotopic (exact) mass is 289 g/mol. The fraction of sp³-hybridized carbons (Fsp3) is 0.267. The lowest BCUT2D eigenvalue weighted by molar-refractivity contribution is -0.118. The summed E-state index contributed by atoms with van der Waals surface area (Å²) in [4.78, 5) is 27.0. The molecule has 0 bridgehead atoms. The molecule has 1 aromatic carbocycles. The fourth-order valence-electron chi connectivity index (χ4n) is 2.08. The van der Waals surface area contributed by atoms with Crippen molar-refractivity contribution in [3.63, 3.8) is 0 Å². The van der Waals surface area contributed by atoms with E-state index in [4.69, 9.17) is 5.73 Å². The van der Waals surface area contributed by atoms with E-state index in [0.717, 1.165) is 0 Å². The quantitative estimate of drug-likeness (QED) is 0.821. The summed E-state index contributed by atoms with van der Waals surface area (Å²) < 4.78 is 13.2. The third kappa shape index (κ3) is 3.75. The molecule has 3 N–H and O–H groups in total. The first-order valence-corrected chi connectivity index (χ1v) is 6.61. The molecule has 21 heavy (non-hydrogen) atoms. The fourth-order valence-corrected chi connectivity index (χ4v) is 2.08. The minimum atomic E-state index is -0.398. The number of aryl methyl sites for hydroxylation is 1. The molecule has 2 aromatic rings. The van der Waals surface area contributed by atoms with E-state index in [1.165, 1.54) is 18.2 Å². The highest BCUT2D eigenvalue weighted by molar-refractivity contribution is 6.06. The first-order valence-electron chi connectivity index (χ1n) is 6.61. The van der Waals surface area contributed by atoms with Crippen LogP contribution in [-0.2, 0) is 4.79 Å². The average molecular weight is 289 g/mol. The molecule has 2 amide bonds. The van der Waals surface area contributed by atoms with Gasteiger partial charge in [0.1, 0.15) is 5.82 Å². The van der Waals surface area contributed by atoms with E-state index in [9.17, 15) is 14.0 Å². The molecule has 0 aliphatic carbocycles. The normalized spacial score (nSPS) is 10.6. The van der Waals surface area contributed by atoms with Gasteiger partial charge in [-0.05, 0) is 31.5 Å². The zero-order valence-electron chi connectivity index (χ0n) is 11.6. The van der Waals surface area contributed by atoms with Crippen molar-refractivity contribution in [1.82, 2.24) is 10.3 Å². The molecule has 0 saturated carbocycles. The molecule has 0 saturated heterocycles. The first-order chi connectivity index (χ1) is 9.97. The number of primary amides is 1. The van der Waals surface area contributed by atoms with Crippen molar-refractivity contribution in [3.8, 4) is 0 Å². The summed E-state index contributed by atoms with van der Waals surface area (Å²) in [6, 6.07) is 5.79. The van der Waals surface area contributed by atoms with Crippen LogP contribution in [0.25, 0.3) is 10.9 Å². The van der Waals surface area contributed by atoms with Crippen LogP contribution in [0.2, 0.25) is 0 Å². The number of fused-ring (bicyclic) bond motifs is 1. The second-order valence-corrected chi connectivity index (χ2v) is 4.80. The number of halogens is 1. The van der Waals surface area contributed by atoms with Gasteiger partial charge in [0, 0.05) is 30.1 Å². The largest absolute Gasteiger partial charge is 0.370 e. The van der Waals surface area contributed by atoms with Crippen LogP contribution in [0.4, 0.5) is 4.39 Å². The molecule has 0 aliphatic heterocycles. The topological polar surface area (TPSA) is 85.1 Å². The van der Waals surface area contributed by atoms with Crippen molar-refractivity contribution in [3.05, 3.63) is 41.3 Å². The van der Waals surface area contributed by atoms with Gasteiger partial charge in [0.05, 0.1) is 11.1 Å². The van der Waals surface area contributed by atoms with Crippen LogP contribution < -0.4 is 11.1 Å². The van der Waals surface area contributed by atoms with Gasteiger partial charge < -0.3 is 11.1 Å². The smallest absolute Gasteiger partial charge is 0.252 e. The maximum absolute atomic E-state index is 13.2. The number of carbonyl (C=O) groups is 2. The SMILES string of the molecule is Cc1cc(C(=O)NCCCC(N)=O)c2ccc(F)cc2n1. The molecule has 6 heteroatoms. The number of hydrogen-bond acceptors (Lipinski definition) is 3. The predicted molar refractivity (Wildman–Crippen MR) is 77.2 cm³/mol. The summed E-state index contributed by atoms with van der Waals surface area (Å²) in [5.74, 6) is -1.07. The molecule has 1 aromatic heterocycles. The molecular formula is C15H16FN3O2. The molecule has 0 unspecified atom stereocenters. The first kappa shape index (κ1) is 14.9. The number of hydrogen-bond donors (Lipinski definition) is 2. The summed E-state index contributed by atoms with van der Waals surface area (Å²) in [5.41, 5.74) is 6.55. The van der Waals surface area contributed by atoms with Crippen molar-refractivity contribution in [2.45, 2.75) is 19.8 Å². The Bertz CT molecular complexity index is 695. The van der Waals surface area contributed by atoms with Gasteiger partial charge in [0.15, 0.2) is 0 Å². The lowest BCUT2D eigenvalue weighted by Gasteiger charge is -2.09. The zero-order chi connectivity index (χ0) is 15.4. The summed E-state index contributed by atoms with van der Waals surface area (Å²) >= 11 is 0. The summed E-state index contributed by atoms with van der Waals surface area (Å²) in [5, 5.41) is 3.31. The molecular weight excluding hydrogens is 273 g/mol. The van der Waals surface area contributed by atoms with Crippen LogP contribution in [0.3, 0.4) is 0 Å². The predicted octanol–water partition coefficient (Wildman–Crippen LogP) is 1.68. The Kier molecular flexibility index (Phi) is 4.47. The maximum atomic E-state index is 13.2. The molecule has 0 radical (unpaired) electrons. The van der Waals surface area contributed by atoms with Gasteiger partial charge >= 0.3 is 0 Å². The molecule has 0 aliphatic rings. The number of nitrogens with zero attached hydrogens (tertiary/aromatic N) is 1. The van der Waals surface area contributed by atoms with Gasteiger partial charge in [-0.25, -0.2) is 4.39 Å². The molecule has 1 heterocycles. The van der Waals surface area contributed by atoms with Crippen LogP contribution in [-0.4, -0.2) is 23.3 Å². The van der Waals surface area contributed by atoms with Gasteiger partial charge in [-0.15, -0.1) is 0 Å². The van der Waals surface area contributed by atoms with Gasteiger partial charge in [-0.3, -0.25) is 14.6 Å². The number of benzene rings is 1. The van der Waals surface area contributed by atoms with E-state index in [1.54, 1.807) is 13.0 Å². The Hall–Kier alpha value is -2.50. The molecule has 0 fully saturated rings. The lowest BCUT2D eigenvalue weighted by atomic mass is 10.1. The average Bonchev–Trinajstić information content (AvgIpc) is 2.41. The number of aromatic nitrogens is 1. The van der Waals surface area contributed by atoms with E-state index in [1.807, 2.05) is 0 Å². The third-order valence-electron chi connectivity index (χ3n) is 3.03. The van der Waals surface area contributed by atoms with Gasteiger partial charge in [-0.1, -0.05) is 0 Å². The van der Waals surface area contributed by atoms with Crippen molar-refractivity contribution in [1.29, 1.82) is 0 Å². The maximum Gasteiger partial charge on any atom is 0.252 e. The van der Waals surface area contributed by atoms with Gasteiger partial charge in [0.25, 0.3) is 5.91 Å². The summed E-state index contributed by atoms with van der Waals surface area (Å²) in [7, 11) is 0. The van der Waals surface area contributed by atoms with E-state index in [0.29, 0.717) is 35.1 Å². The van der Waals surface area contributed by atoms with Crippen LogP contribution in [0.5, 0.6) is 0 Å². The highest BCUT2D eigenvalue weighted by Crippen LogP contribution is 2.19. The van der Waals surface area contributed by atoms with E-state index in [-0.39, 0.29) is 12.3 Å². The highest BCUT2D eigenvalue weighted by atomic mass is 19.1. The molecule has 2 rings (SSSR count). The summed E-state index contributed by atoms with van der Waals surface area (Å²) in [6.45, 7) is 2.10. The molecule has 0 spiro atoms. The van der Waals surface area contributed by atoms with Crippen molar-refractivity contribution in [2.75, 3.05) is 6.54 Å². The van der Waals surface area contributed by atoms with Crippen LogP contribution in [0, 0.1) is 12.7 Å². The van der Waals surface area contributed by atoms with Gasteiger partial charge in [0.2, 0.25) is 5.91 Å². The molecule has 5 nitrogen and oxygen atoms in total. The van der Waals surface area contributed by atoms with Crippen molar-refractivity contribution < 1.29 is 14.0 Å². The van der Waals surface area contributed by atoms with E-state index < -0.39 is 11.7 Å². The number of rotatable bonds is 5. The molecule has 110 valence electrons. The number of carbonyl (C=O) groups excluding carboxylic acids is 2. The van der Waals surface area contributed by atoms with Crippen LogP contribution >= 0.6 is 0 Å². The second-order valence-electron chi connectivity index (χ2n) is 4.80. The standard InChI is InChI=1S/C15H16FN3O2/c1-9-7-12(15(21)18-6-2-3-14(17)20)11-5-4-10(16)8-13(11)19-9/h4-5,7-8H,2-3,6H2,1H3,(H2,17,20)(H,18,21). The van der Waals surface area contributed by atoms with Crippen molar-refractivity contribution in [2.24, 2.45) is 5.73 Å².